The fourth-order valence-corrected chi connectivity index (χ4v) is 4.66. The summed E-state index contributed by atoms with van der Waals surface area (Å²) in [5.74, 6) is 1.25. The molecule has 3 aromatic rings. The molecule has 33 heavy (non-hydrogen) atoms. The minimum Gasteiger partial charge on any atom is -0.493 e. The summed E-state index contributed by atoms with van der Waals surface area (Å²) in [5, 5.41) is 2.07. The zero-order valence-electron chi connectivity index (χ0n) is 18.2. The molecule has 0 aliphatic carbocycles. The first kappa shape index (κ1) is 23.0. The lowest BCUT2D eigenvalue weighted by Gasteiger charge is -2.14. The molecule has 4 rings (SSSR count). The summed E-state index contributed by atoms with van der Waals surface area (Å²) in [7, 11) is 1.52. The van der Waals surface area contributed by atoms with Gasteiger partial charge in [-0.2, -0.15) is 0 Å². The molecule has 1 fully saturated rings. The summed E-state index contributed by atoms with van der Waals surface area (Å²) >= 11 is 7.21. The van der Waals surface area contributed by atoms with Crippen molar-refractivity contribution in [1.82, 2.24) is 4.90 Å². The molecular weight excluding hydrogens is 462 g/mol. The van der Waals surface area contributed by atoms with Gasteiger partial charge in [0.1, 0.15) is 12.4 Å². The third-order valence-electron chi connectivity index (χ3n) is 5.03. The molecule has 170 valence electrons. The number of benzene rings is 3. The van der Waals surface area contributed by atoms with E-state index in [1.165, 1.54) is 12.0 Å². The van der Waals surface area contributed by atoms with Gasteiger partial charge in [0.05, 0.1) is 30.2 Å². The number of hydrogen-bond acceptors (Lipinski definition) is 6. The summed E-state index contributed by atoms with van der Waals surface area (Å²) < 4.78 is 16.8. The quantitative estimate of drug-likeness (QED) is 0.365. The molecule has 0 N–H and O–H groups in total. The van der Waals surface area contributed by atoms with Crippen molar-refractivity contribution in [3.63, 3.8) is 0 Å². The van der Waals surface area contributed by atoms with Gasteiger partial charge in [0, 0.05) is 5.39 Å². The number of thioether (sulfide) groups is 1. The molecule has 1 saturated heterocycles. The second kappa shape index (κ2) is 10.2. The van der Waals surface area contributed by atoms with Crippen LogP contribution >= 0.6 is 23.4 Å². The first-order valence-corrected chi connectivity index (χ1v) is 11.6. The van der Waals surface area contributed by atoms with Gasteiger partial charge in [0.25, 0.3) is 11.1 Å². The largest absolute Gasteiger partial charge is 0.493 e. The first-order chi connectivity index (χ1) is 16.0. The van der Waals surface area contributed by atoms with Gasteiger partial charge in [0.15, 0.2) is 11.5 Å². The minimum atomic E-state index is -0.365. The molecule has 0 aromatic heterocycles. The van der Waals surface area contributed by atoms with Gasteiger partial charge in [-0.25, -0.2) is 0 Å². The van der Waals surface area contributed by atoms with Crippen molar-refractivity contribution in [2.24, 2.45) is 0 Å². The van der Waals surface area contributed by atoms with Gasteiger partial charge in [0.2, 0.25) is 0 Å². The van der Waals surface area contributed by atoms with E-state index in [2.05, 4.69) is 0 Å². The van der Waals surface area contributed by atoms with Crippen LogP contribution in [0.1, 0.15) is 12.5 Å². The normalized spacial score (nSPS) is 14.9. The molecule has 1 aliphatic rings. The number of ether oxygens (including phenoxy) is 3. The SMILES string of the molecule is CCOc1c(Cl)cc(/C=C2\SC(=O)N(CCOc3cccc4ccccc34)C2=O)cc1OC. The van der Waals surface area contributed by atoms with Crippen LogP contribution in [0.2, 0.25) is 5.02 Å². The van der Waals surface area contributed by atoms with E-state index in [0.29, 0.717) is 39.3 Å². The third kappa shape index (κ3) is 4.94. The summed E-state index contributed by atoms with van der Waals surface area (Å²) in [6.07, 6.45) is 1.63. The number of rotatable bonds is 8. The molecule has 0 radical (unpaired) electrons. The van der Waals surface area contributed by atoms with E-state index >= 15 is 0 Å². The summed E-state index contributed by atoms with van der Waals surface area (Å²) in [5.41, 5.74) is 0.637. The molecule has 0 saturated carbocycles. The van der Waals surface area contributed by atoms with Gasteiger partial charge >= 0.3 is 0 Å². The lowest BCUT2D eigenvalue weighted by atomic mass is 10.1. The highest BCUT2D eigenvalue weighted by Gasteiger charge is 2.35. The van der Waals surface area contributed by atoms with Crippen molar-refractivity contribution >= 4 is 51.4 Å². The Morgan fingerprint density at radius 2 is 1.82 bits per heavy atom. The number of hydrogen-bond donors (Lipinski definition) is 0. The van der Waals surface area contributed by atoms with Crippen LogP contribution in [0.5, 0.6) is 17.2 Å². The maximum Gasteiger partial charge on any atom is 0.293 e. The monoisotopic (exact) mass is 483 g/mol. The van der Waals surface area contributed by atoms with Crippen LogP contribution < -0.4 is 14.2 Å². The van der Waals surface area contributed by atoms with Gasteiger partial charge in [-0.3, -0.25) is 14.5 Å². The Balaban J connectivity index is 1.46. The van der Waals surface area contributed by atoms with Gasteiger partial charge in [-0.1, -0.05) is 48.0 Å². The number of amides is 2. The third-order valence-corrected chi connectivity index (χ3v) is 6.22. The van der Waals surface area contributed by atoms with Gasteiger partial charge in [-0.15, -0.1) is 0 Å². The molecule has 3 aromatic carbocycles. The highest BCUT2D eigenvalue weighted by atomic mass is 35.5. The molecule has 0 bridgehead atoms. The predicted molar refractivity (Wildman–Crippen MR) is 131 cm³/mol. The van der Waals surface area contributed by atoms with Crippen LogP contribution in [0, 0.1) is 0 Å². The summed E-state index contributed by atoms with van der Waals surface area (Å²) in [4.78, 5) is 26.8. The van der Waals surface area contributed by atoms with Crippen LogP contribution in [0.15, 0.2) is 59.5 Å². The molecule has 0 unspecified atom stereocenters. The van der Waals surface area contributed by atoms with E-state index in [1.54, 1.807) is 18.2 Å². The Hall–Kier alpha value is -3.16. The first-order valence-electron chi connectivity index (χ1n) is 10.4. The van der Waals surface area contributed by atoms with E-state index in [4.69, 9.17) is 25.8 Å². The van der Waals surface area contributed by atoms with Crippen LogP contribution in [0.4, 0.5) is 4.79 Å². The van der Waals surface area contributed by atoms with E-state index < -0.39 is 0 Å². The number of halogens is 1. The molecule has 1 aliphatic heterocycles. The highest BCUT2D eigenvalue weighted by Crippen LogP contribution is 2.39. The highest BCUT2D eigenvalue weighted by molar-refractivity contribution is 8.18. The van der Waals surface area contributed by atoms with Crippen molar-refractivity contribution < 1.29 is 23.8 Å². The van der Waals surface area contributed by atoms with Crippen molar-refractivity contribution in [1.29, 1.82) is 0 Å². The molecule has 0 spiro atoms. The number of nitrogens with zero attached hydrogens (tertiary/aromatic N) is 1. The van der Waals surface area contributed by atoms with Crippen molar-refractivity contribution in [3.05, 3.63) is 70.1 Å². The lowest BCUT2D eigenvalue weighted by Crippen LogP contribution is -2.32. The average molecular weight is 484 g/mol. The molecule has 1 heterocycles. The fraction of sp³-hybridized carbons (Fsp3) is 0.200. The lowest BCUT2D eigenvalue weighted by molar-refractivity contribution is -0.123. The minimum absolute atomic E-state index is 0.151. The summed E-state index contributed by atoms with van der Waals surface area (Å²) in [6.45, 7) is 2.64. The van der Waals surface area contributed by atoms with Crippen molar-refractivity contribution in [2.75, 3.05) is 26.9 Å². The second-order valence-electron chi connectivity index (χ2n) is 7.13. The molecular formula is C25H22ClNO5S. The van der Waals surface area contributed by atoms with E-state index in [0.717, 1.165) is 22.5 Å². The van der Waals surface area contributed by atoms with Gasteiger partial charge in [-0.05, 0) is 53.9 Å². The van der Waals surface area contributed by atoms with Crippen LogP contribution in [0.3, 0.4) is 0 Å². The zero-order chi connectivity index (χ0) is 23.4. The summed E-state index contributed by atoms with van der Waals surface area (Å²) in [6, 6.07) is 17.1. The van der Waals surface area contributed by atoms with Crippen LogP contribution in [-0.2, 0) is 4.79 Å². The van der Waals surface area contributed by atoms with E-state index in [9.17, 15) is 9.59 Å². The second-order valence-corrected chi connectivity index (χ2v) is 8.53. The van der Waals surface area contributed by atoms with E-state index in [1.807, 2.05) is 49.4 Å². The topological polar surface area (TPSA) is 65.1 Å². The predicted octanol–water partition coefficient (Wildman–Crippen LogP) is 6.02. The fourth-order valence-electron chi connectivity index (χ4n) is 3.52. The molecule has 2 amide bonds. The number of fused-ring (bicyclic) bond motifs is 1. The Bertz CT molecular complexity index is 1240. The van der Waals surface area contributed by atoms with Crippen molar-refractivity contribution in [3.8, 4) is 17.2 Å². The average Bonchev–Trinajstić information content (AvgIpc) is 3.08. The zero-order valence-corrected chi connectivity index (χ0v) is 19.7. The maximum absolute atomic E-state index is 12.9. The van der Waals surface area contributed by atoms with Crippen LogP contribution in [-0.4, -0.2) is 42.9 Å². The smallest absolute Gasteiger partial charge is 0.293 e. The standard InChI is InChI=1S/C25H22ClNO5S/c1-3-31-23-19(26)13-16(14-21(23)30-2)15-22-24(28)27(25(29)33-22)11-12-32-20-10-6-8-17-7-4-5-9-18(17)20/h4-10,13-15H,3,11-12H2,1-2H3/b22-15-. The number of imide groups is 1. The van der Waals surface area contributed by atoms with E-state index in [-0.39, 0.29) is 24.3 Å². The molecule has 8 heteroatoms. The van der Waals surface area contributed by atoms with Crippen molar-refractivity contribution in [2.45, 2.75) is 6.92 Å². The Kier molecular flexibility index (Phi) is 7.11. The number of methoxy groups -OCH3 is 1. The van der Waals surface area contributed by atoms with Crippen LogP contribution in [0.25, 0.3) is 16.8 Å². The van der Waals surface area contributed by atoms with Gasteiger partial charge < -0.3 is 14.2 Å². The molecule has 0 atom stereocenters. The maximum atomic E-state index is 12.9. The Morgan fingerprint density at radius 3 is 2.61 bits per heavy atom. The molecule has 6 nitrogen and oxygen atoms in total. The number of carbonyl (C=O) groups excluding carboxylic acids is 2. The Morgan fingerprint density at radius 1 is 1.03 bits per heavy atom. The number of carbonyl (C=O) groups is 2. The Labute approximate surface area is 201 Å².